The van der Waals surface area contributed by atoms with Crippen molar-refractivity contribution in [2.24, 2.45) is 7.05 Å². The number of esters is 2. The molecule has 2 aromatic rings. The molecular formula is C15H14ClN3O5. The fraction of sp³-hybridized carbons (Fsp3) is 0.200. The number of carbonyl (C=O) groups excluding carboxylic acids is 3. The lowest BCUT2D eigenvalue weighted by molar-refractivity contribution is 0.0587. The average Bonchev–Trinajstić information content (AvgIpc) is 2.91. The second-order valence-corrected chi connectivity index (χ2v) is 5.07. The Morgan fingerprint density at radius 2 is 1.83 bits per heavy atom. The van der Waals surface area contributed by atoms with E-state index in [1.54, 1.807) is 7.05 Å². The van der Waals surface area contributed by atoms with Crippen LogP contribution in [0.5, 0.6) is 0 Å². The third kappa shape index (κ3) is 3.38. The summed E-state index contributed by atoms with van der Waals surface area (Å²) in [6.45, 7) is 0. The molecule has 0 atom stereocenters. The molecule has 1 N–H and O–H groups in total. The van der Waals surface area contributed by atoms with E-state index in [2.05, 4.69) is 19.9 Å². The number of nitrogens with one attached hydrogen (secondary N) is 1. The van der Waals surface area contributed by atoms with E-state index in [4.69, 9.17) is 11.6 Å². The molecule has 24 heavy (non-hydrogen) atoms. The van der Waals surface area contributed by atoms with Crippen LogP contribution in [0.15, 0.2) is 24.4 Å². The smallest absolute Gasteiger partial charge is 0.339 e. The van der Waals surface area contributed by atoms with E-state index < -0.39 is 17.8 Å². The number of ether oxygens (including phenoxy) is 2. The Morgan fingerprint density at radius 1 is 1.17 bits per heavy atom. The van der Waals surface area contributed by atoms with E-state index in [1.807, 2.05) is 0 Å². The van der Waals surface area contributed by atoms with Gasteiger partial charge in [-0.05, 0) is 18.2 Å². The summed E-state index contributed by atoms with van der Waals surface area (Å²) in [7, 11) is 3.98. The molecule has 8 nitrogen and oxygen atoms in total. The third-order valence-electron chi connectivity index (χ3n) is 3.20. The number of rotatable bonds is 4. The van der Waals surface area contributed by atoms with E-state index in [0.717, 1.165) is 0 Å². The predicted octanol–water partition coefficient (Wildman–Crippen LogP) is 1.90. The third-order valence-corrected chi connectivity index (χ3v) is 3.48. The number of halogens is 1. The summed E-state index contributed by atoms with van der Waals surface area (Å²) < 4.78 is 10.6. The highest BCUT2D eigenvalue weighted by molar-refractivity contribution is 6.34. The Hall–Kier alpha value is -2.87. The van der Waals surface area contributed by atoms with Crippen molar-refractivity contribution in [3.63, 3.8) is 0 Å². The van der Waals surface area contributed by atoms with Crippen molar-refractivity contribution in [2.75, 3.05) is 19.5 Å². The van der Waals surface area contributed by atoms with Crippen molar-refractivity contribution >= 4 is 35.1 Å². The second kappa shape index (κ2) is 7.14. The second-order valence-electron chi connectivity index (χ2n) is 4.66. The van der Waals surface area contributed by atoms with Crippen LogP contribution in [-0.2, 0) is 16.5 Å². The summed E-state index contributed by atoms with van der Waals surface area (Å²) >= 11 is 5.93. The molecule has 126 valence electrons. The zero-order chi connectivity index (χ0) is 17.9. The van der Waals surface area contributed by atoms with E-state index >= 15 is 0 Å². The number of hydrogen-bond donors (Lipinski definition) is 1. The Morgan fingerprint density at radius 3 is 2.38 bits per heavy atom. The van der Waals surface area contributed by atoms with Crippen molar-refractivity contribution in [2.45, 2.75) is 0 Å². The number of aromatic nitrogens is 2. The number of hydrogen-bond acceptors (Lipinski definition) is 6. The van der Waals surface area contributed by atoms with Gasteiger partial charge in [0, 0.05) is 7.05 Å². The molecule has 0 bridgehead atoms. The Bertz CT molecular complexity index is 796. The highest BCUT2D eigenvalue weighted by Gasteiger charge is 2.21. The fourth-order valence-corrected chi connectivity index (χ4v) is 2.28. The first-order valence-electron chi connectivity index (χ1n) is 6.68. The number of methoxy groups -OCH3 is 2. The minimum Gasteiger partial charge on any atom is -0.465 e. The van der Waals surface area contributed by atoms with Crippen molar-refractivity contribution in [1.29, 1.82) is 0 Å². The molecule has 0 unspecified atom stereocenters. The van der Waals surface area contributed by atoms with Crippen molar-refractivity contribution in [1.82, 2.24) is 9.78 Å². The molecule has 0 aliphatic rings. The van der Waals surface area contributed by atoms with Gasteiger partial charge in [-0.2, -0.15) is 5.10 Å². The molecular weight excluding hydrogens is 338 g/mol. The molecule has 1 amide bonds. The lowest BCUT2D eigenvalue weighted by atomic mass is 10.1. The van der Waals surface area contributed by atoms with Crippen molar-refractivity contribution < 1.29 is 23.9 Å². The summed E-state index contributed by atoms with van der Waals surface area (Å²) in [6, 6.07) is 4.07. The summed E-state index contributed by atoms with van der Waals surface area (Å²) in [5, 5.41) is 6.56. The summed E-state index contributed by atoms with van der Waals surface area (Å²) in [5.74, 6) is -1.87. The maximum Gasteiger partial charge on any atom is 0.339 e. The van der Waals surface area contributed by atoms with Crippen LogP contribution in [-0.4, -0.2) is 41.8 Å². The molecule has 0 radical (unpaired) electrons. The van der Waals surface area contributed by atoms with Gasteiger partial charge in [0.2, 0.25) is 0 Å². The molecule has 0 fully saturated rings. The Balaban J connectivity index is 2.44. The van der Waals surface area contributed by atoms with Crippen LogP contribution >= 0.6 is 11.6 Å². The minimum absolute atomic E-state index is 0.0804. The number of anilines is 1. The van der Waals surface area contributed by atoms with E-state index in [-0.39, 0.29) is 27.5 Å². The SMILES string of the molecule is COC(=O)c1ccc(C(=O)OC)c(NC(=O)c2c(Cl)cnn2C)c1. The van der Waals surface area contributed by atoms with Gasteiger partial charge in [-0.15, -0.1) is 0 Å². The van der Waals surface area contributed by atoms with Crippen LogP contribution in [0.25, 0.3) is 0 Å². The van der Waals surface area contributed by atoms with Crippen LogP contribution in [0.1, 0.15) is 31.2 Å². The highest BCUT2D eigenvalue weighted by atomic mass is 35.5. The van der Waals surface area contributed by atoms with Gasteiger partial charge in [0.25, 0.3) is 5.91 Å². The highest BCUT2D eigenvalue weighted by Crippen LogP contribution is 2.22. The molecule has 0 saturated carbocycles. The number of nitrogens with zero attached hydrogens (tertiary/aromatic N) is 2. The topological polar surface area (TPSA) is 99.5 Å². The number of aryl methyl sites for hydroxylation is 1. The summed E-state index contributed by atoms with van der Waals surface area (Å²) in [4.78, 5) is 35.9. The first-order chi connectivity index (χ1) is 11.4. The number of carbonyl (C=O) groups is 3. The van der Waals surface area contributed by atoms with Gasteiger partial charge in [0.1, 0.15) is 5.69 Å². The molecule has 0 aliphatic carbocycles. The monoisotopic (exact) mass is 351 g/mol. The number of amides is 1. The predicted molar refractivity (Wildman–Crippen MR) is 85.3 cm³/mol. The Kier molecular flexibility index (Phi) is 5.20. The zero-order valence-corrected chi connectivity index (χ0v) is 13.9. The largest absolute Gasteiger partial charge is 0.465 e. The average molecular weight is 352 g/mol. The normalized spacial score (nSPS) is 10.2. The summed E-state index contributed by atoms with van der Waals surface area (Å²) in [5.41, 5.74) is 0.441. The van der Waals surface area contributed by atoms with E-state index in [0.29, 0.717) is 0 Å². The lowest BCUT2D eigenvalue weighted by Gasteiger charge is -2.11. The molecule has 1 aromatic heterocycles. The lowest BCUT2D eigenvalue weighted by Crippen LogP contribution is -2.19. The van der Waals surface area contributed by atoms with E-state index in [1.165, 1.54) is 43.3 Å². The quantitative estimate of drug-likeness (QED) is 0.844. The van der Waals surface area contributed by atoms with Crippen molar-refractivity contribution in [3.8, 4) is 0 Å². The summed E-state index contributed by atoms with van der Waals surface area (Å²) in [6.07, 6.45) is 1.32. The number of benzene rings is 1. The van der Waals surface area contributed by atoms with Crippen LogP contribution in [0, 0.1) is 0 Å². The molecule has 9 heteroatoms. The van der Waals surface area contributed by atoms with Crippen molar-refractivity contribution in [3.05, 3.63) is 46.2 Å². The first-order valence-corrected chi connectivity index (χ1v) is 7.06. The van der Waals surface area contributed by atoms with Gasteiger partial charge in [-0.3, -0.25) is 9.48 Å². The molecule has 0 spiro atoms. The molecule has 1 heterocycles. The minimum atomic E-state index is -0.669. The van der Waals surface area contributed by atoms with Gasteiger partial charge in [0.15, 0.2) is 0 Å². The molecule has 2 rings (SSSR count). The van der Waals surface area contributed by atoms with Crippen LogP contribution in [0.3, 0.4) is 0 Å². The van der Waals surface area contributed by atoms with Crippen LogP contribution in [0.4, 0.5) is 5.69 Å². The van der Waals surface area contributed by atoms with Gasteiger partial charge >= 0.3 is 11.9 Å². The van der Waals surface area contributed by atoms with Gasteiger partial charge in [-0.1, -0.05) is 11.6 Å². The molecule has 0 aliphatic heterocycles. The standard InChI is InChI=1S/C15H14ClN3O5/c1-19-12(10(16)7-17-19)13(20)18-11-6-8(14(21)23-2)4-5-9(11)15(22)24-3/h4-7H,1-3H3,(H,18,20). The molecule has 0 saturated heterocycles. The maximum atomic E-state index is 12.4. The van der Waals surface area contributed by atoms with Gasteiger partial charge < -0.3 is 14.8 Å². The maximum absolute atomic E-state index is 12.4. The Labute approximate surface area is 142 Å². The molecule has 1 aromatic carbocycles. The van der Waals surface area contributed by atoms with Crippen LogP contribution < -0.4 is 5.32 Å². The first kappa shape index (κ1) is 17.5. The fourth-order valence-electron chi connectivity index (χ4n) is 2.03. The van der Waals surface area contributed by atoms with Gasteiger partial charge in [-0.25, -0.2) is 9.59 Å². The van der Waals surface area contributed by atoms with E-state index in [9.17, 15) is 14.4 Å². The zero-order valence-electron chi connectivity index (χ0n) is 13.1. The van der Waals surface area contributed by atoms with Crippen LogP contribution in [0.2, 0.25) is 5.02 Å². The van der Waals surface area contributed by atoms with Gasteiger partial charge in [0.05, 0.1) is 42.3 Å².